The number of nitrogens with zero attached hydrogens (tertiary/aromatic N) is 1. The highest BCUT2D eigenvalue weighted by Crippen LogP contribution is 2.23. The van der Waals surface area contributed by atoms with Gasteiger partial charge in [0, 0.05) is 25.7 Å². The summed E-state index contributed by atoms with van der Waals surface area (Å²) in [5, 5.41) is 0. The molecular weight excluding hydrogens is 360 g/mol. The van der Waals surface area contributed by atoms with Crippen molar-refractivity contribution in [1.82, 2.24) is 9.62 Å². The van der Waals surface area contributed by atoms with Crippen molar-refractivity contribution in [2.45, 2.75) is 31.2 Å². The van der Waals surface area contributed by atoms with E-state index in [1.807, 2.05) is 19.1 Å². The van der Waals surface area contributed by atoms with E-state index in [1.54, 1.807) is 12.1 Å². The molecule has 0 radical (unpaired) electrons. The smallest absolute Gasteiger partial charge is 0.240 e. The fraction of sp³-hybridized carbons (Fsp3) is 0.429. The second-order valence-electron chi connectivity index (χ2n) is 6.92. The van der Waals surface area contributed by atoms with Gasteiger partial charge in [0.25, 0.3) is 0 Å². The van der Waals surface area contributed by atoms with E-state index in [9.17, 15) is 8.42 Å². The van der Waals surface area contributed by atoms with Crippen molar-refractivity contribution >= 4 is 10.0 Å². The topological polar surface area (TPSA) is 58.6 Å². The molecular formula is C21H28N2O3S. The second kappa shape index (κ2) is 8.97. The van der Waals surface area contributed by atoms with Gasteiger partial charge in [0.15, 0.2) is 0 Å². The lowest BCUT2D eigenvalue weighted by molar-refractivity contribution is 0.0172. The number of aryl methyl sites for hydroxylation is 2. The molecule has 0 saturated carbocycles. The first-order chi connectivity index (χ1) is 13.0. The Morgan fingerprint density at radius 3 is 2.26 bits per heavy atom. The van der Waals surface area contributed by atoms with Gasteiger partial charge in [-0.2, -0.15) is 0 Å². The number of hydrogen-bond donors (Lipinski definition) is 1. The third-order valence-corrected chi connectivity index (χ3v) is 6.50. The molecule has 3 rings (SSSR count). The average molecular weight is 389 g/mol. The van der Waals surface area contributed by atoms with Crippen LogP contribution in [-0.4, -0.2) is 46.2 Å². The van der Waals surface area contributed by atoms with Crippen LogP contribution >= 0.6 is 0 Å². The molecule has 0 amide bonds. The lowest BCUT2D eigenvalue weighted by Gasteiger charge is -2.35. The SMILES string of the molecule is CCc1ccc(C(CNS(=O)(=O)c2ccc(C)cc2)N2CCOCC2)cc1. The quantitative estimate of drug-likeness (QED) is 0.792. The van der Waals surface area contributed by atoms with Gasteiger partial charge in [-0.3, -0.25) is 4.90 Å². The second-order valence-corrected chi connectivity index (χ2v) is 8.69. The molecule has 2 aromatic rings. The zero-order chi connectivity index (χ0) is 19.3. The molecule has 1 aliphatic heterocycles. The van der Waals surface area contributed by atoms with Crippen LogP contribution in [0.5, 0.6) is 0 Å². The minimum absolute atomic E-state index is 0.0139. The van der Waals surface area contributed by atoms with Crippen LogP contribution < -0.4 is 4.72 Å². The summed E-state index contributed by atoms with van der Waals surface area (Å²) in [4.78, 5) is 2.59. The zero-order valence-electron chi connectivity index (χ0n) is 16.0. The number of ether oxygens (including phenoxy) is 1. The van der Waals surface area contributed by atoms with Crippen molar-refractivity contribution < 1.29 is 13.2 Å². The van der Waals surface area contributed by atoms with Gasteiger partial charge >= 0.3 is 0 Å². The molecule has 1 atom stereocenters. The maximum Gasteiger partial charge on any atom is 0.240 e. The molecule has 0 bridgehead atoms. The van der Waals surface area contributed by atoms with Crippen molar-refractivity contribution in [2.75, 3.05) is 32.8 Å². The van der Waals surface area contributed by atoms with Crippen LogP contribution in [0, 0.1) is 6.92 Å². The lowest BCUT2D eigenvalue weighted by Crippen LogP contribution is -2.43. The Morgan fingerprint density at radius 1 is 1.04 bits per heavy atom. The summed E-state index contributed by atoms with van der Waals surface area (Å²) in [7, 11) is -3.54. The molecule has 1 aliphatic rings. The van der Waals surface area contributed by atoms with E-state index >= 15 is 0 Å². The molecule has 1 saturated heterocycles. The minimum Gasteiger partial charge on any atom is -0.379 e. The summed E-state index contributed by atoms with van der Waals surface area (Å²) in [6, 6.07) is 15.4. The van der Waals surface area contributed by atoms with Gasteiger partial charge in [-0.15, -0.1) is 0 Å². The minimum atomic E-state index is -3.54. The summed E-state index contributed by atoms with van der Waals surface area (Å²) >= 11 is 0. The van der Waals surface area contributed by atoms with E-state index in [4.69, 9.17) is 4.74 Å². The first-order valence-corrected chi connectivity index (χ1v) is 10.9. The summed E-state index contributed by atoms with van der Waals surface area (Å²) < 4.78 is 33.7. The maximum atomic E-state index is 12.7. The van der Waals surface area contributed by atoms with Crippen LogP contribution in [0.1, 0.15) is 29.7 Å². The molecule has 5 nitrogen and oxygen atoms in total. The Bertz CT molecular complexity index is 827. The van der Waals surface area contributed by atoms with E-state index in [2.05, 4.69) is 40.8 Å². The van der Waals surface area contributed by atoms with Crippen molar-refractivity contribution in [3.63, 3.8) is 0 Å². The van der Waals surface area contributed by atoms with Gasteiger partial charge in [0.1, 0.15) is 0 Å². The average Bonchev–Trinajstić information content (AvgIpc) is 2.70. The van der Waals surface area contributed by atoms with Crippen LogP contribution in [0.4, 0.5) is 0 Å². The maximum absolute atomic E-state index is 12.7. The van der Waals surface area contributed by atoms with Gasteiger partial charge < -0.3 is 4.74 Å². The summed E-state index contributed by atoms with van der Waals surface area (Å²) in [6.45, 7) is 7.35. The van der Waals surface area contributed by atoms with E-state index in [0.29, 0.717) is 24.7 Å². The highest BCUT2D eigenvalue weighted by atomic mass is 32.2. The standard InChI is InChI=1S/C21H28N2O3S/c1-3-18-6-8-19(9-7-18)21(23-12-14-26-15-13-23)16-22-27(24,25)20-10-4-17(2)5-11-20/h4-11,21-22H,3,12-16H2,1-2H3. The monoisotopic (exact) mass is 388 g/mol. The van der Waals surface area contributed by atoms with Gasteiger partial charge in [0.2, 0.25) is 10.0 Å². The number of rotatable bonds is 7. The Kier molecular flexibility index (Phi) is 6.65. The molecule has 0 aliphatic carbocycles. The third-order valence-electron chi connectivity index (χ3n) is 5.06. The van der Waals surface area contributed by atoms with E-state index in [-0.39, 0.29) is 6.04 Å². The van der Waals surface area contributed by atoms with Crippen molar-refractivity contribution in [1.29, 1.82) is 0 Å². The molecule has 27 heavy (non-hydrogen) atoms. The van der Waals surface area contributed by atoms with Crippen molar-refractivity contribution in [3.8, 4) is 0 Å². The summed E-state index contributed by atoms with van der Waals surface area (Å²) in [5.41, 5.74) is 3.44. The first kappa shape index (κ1) is 20.0. The number of hydrogen-bond acceptors (Lipinski definition) is 4. The number of nitrogens with one attached hydrogen (secondary N) is 1. The first-order valence-electron chi connectivity index (χ1n) is 9.46. The molecule has 1 N–H and O–H groups in total. The molecule has 146 valence electrons. The van der Waals surface area contributed by atoms with Crippen molar-refractivity contribution in [2.24, 2.45) is 0 Å². The van der Waals surface area contributed by atoms with Crippen LogP contribution in [0.2, 0.25) is 0 Å². The lowest BCUT2D eigenvalue weighted by atomic mass is 10.0. The molecule has 1 unspecified atom stereocenters. The number of morpholine rings is 1. The zero-order valence-corrected chi connectivity index (χ0v) is 16.8. The fourth-order valence-electron chi connectivity index (χ4n) is 3.31. The van der Waals surface area contributed by atoms with E-state index in [0.717, 1.165) is 30.6 Å². The highest BCUT2D eigenvalue weighted by molar-refractivity contribution is 7.89. The molecule has 6 heteroatoms. The molecule has 1 heterocycles. The Morgan fingerprint density at radius 2 is 1.67 bits per heavy atom. The third kappa shape index (κ3) is 5.17. The van der Waals surface area contributed by atoms with Gasteiger partial charge in [-0.1, -0.05) is 48.9 Å². The van der Waals surface area contributed by atoms with Gasteiger partial charge in [0.05, 0.1) is 18.1 Å². The molecule has 1 fully saturated rings. The molecule has 0 aromatic heterocycles. The normalized spacial score (nSPS) is 17.0. The van der Waals surface area contributed by atoms with Gasteiger partial charge in [-0.05, 0) is 36.6 Å². The fourth-order valence-corrected chi connectivity index (χ4v) is 4.35. The largest absolute Gasteiger partial charge is 0.379 e. The van der Waals surface area contributed by atoms with E-state index < -0.39 is 10.0 Å². The number of sulfonamides is 1. The Labute approximate surface area is 162 Å². The summed E-state index contributed by atoms with van der Waals surface area (Å²) in [5.74, 6) is 0. The predicted molar refractivity (Wildman–Crippen MR) is 107 cm³/mol. The van der Waals surface area contributed by atoms with Gasteiger partial charge in [-0.25, -0.2) is 13.1 Å². The Balaban J connectivity index is 1.78. The van der Waals surface area contributed by atoms with Crippen LogP contribution in [0.15, 0.2) is 53.4 Å². The predicted octanol–water partition coefficient (Wildman–Crippen LogP) is 2.91. The number of benzene rings is 2. The Hall–Kier alpha value is -1.73. The van der Waals surface area contributed by atoms with Crippen LogP contribution in [0.3, 0.4) is 0 Å². The van der Waals surface area contributed by atoms with Crippen molar-refractivity contribution in [3.05, 3.63) is 65.2 Å². The molecule has 2 aromatic carbocycles. The van der Waals surface area contributed by atoms with Crippen LogP contribution in [-0.2, 0) is 21.2 Å². The molecule has 0 spiro atoms. The van der Waals surface area contributed by atoms with E-state index in [1.165, 1.54) is 5.56 Å². The summed E-state index contributed by atoms with van der Waals surface area (Å²) in [6.07, 6.45) is 0.989. The highest BCUT2D eigenvalue weighted by Gasteiger charge is 2.25. The van der Waals surface area contributed by atoms with Crippen LogP contribution in [0.25, 0.3) is 0 Å².